The van der Waals surface area contributed by atoms with E-state index in [0.29, 0.717) is 11.7 Å². The van der Waals surface area contributed by atoms with E-state index in [-0.39, 0.29) is 5.91 Å². The minimum absolute atomic E-state index is 0.137. The largest absolute Gasteiger partial charge is 0.340 e. The van der Waals surface area contributed by atoms with Crippen molar-refractivity contribution in [3.05, 3.63) is 65.8 Å². The number of nitrogens with zero attached hydrogens (tertiary/aromatic N) is 2. The molecule has 0 bridgehead atoms. The summed E-state index contributed by atoms with van der Waals surface area (Å²) in [5.74, 6) is 0.966. The molecule has 1 heterocycles. The zero-order valence-corrected chi connectivity index (χ0v) is 14.7. The molecule has 5 heteroatoms. The quantitative estimate of drug-likeness (QED) is 0.721. The van der Waals surface area contributed by atoms with Crippen molar-refractivity contribution in [2.24, 2.45) is 0 Å². The van der Waals surface area contributed by atoms with E-state index in [2.05, 4.69) is 33.7 Å². The van der Waals surface area contributed by atoms with Crippen molar-refractivity contribution in [1.29, 1.82) is 0 Å². The van der Waals surface area contributed by atoms with Gasteiger partial charge in [0.15, 0.2) is 5.82 Å². The normalized spacial score (nSPS) is 16.3. The summed E-state index contributed by atoms with van der Waals surface area (Å²) in [5.41, 5.74) is 0.506. The van der Waals surface area contributed by atoms with Crippen LogP contribution in [0.5, 0.6) is 0 Å². The summed E-state index contributed by atoms with van der Waals surface area (Å²) < 4.78 is 5.13. The predicted octanol–water partition coefficient (Wildman–Crippen LogP) is 4.13. The summed E-state index contributed by atoms with van der Waals surface area (Å²) in [5, 5.41) is 9.47. The molecular formula is C21H21N3O2. The van der Waals surface area contributed by atoms with Gasteiger partial charge in [-0.1, -0.05) is 60.5 Å². The number of fused-ring (bicyclic) bond motifs is 1. The maximum absolute atomic E-state index is 12.6. The lowest BCUT2D eigenvalue weighted by Gasteiger charge is -2.26. The molecule has 26 heavy (non-hydrogen) atoms. The van der Waals surface area contributed by atoms with Crippen LogP contribution in [0.25, 0.3) is 16.8 Å². The monoisotopic (exact) mass is 347 g/mol. The number of rotatable bonds is 4. The summed E-state index contributed by atoms with van der Waals surface area (Å²) in [6, 6.07) is 14.2. The predicted molar refractivity (Wildman–Crippen MR) is 100 cm³/mol. The molecule has 1 N–H and O–H groups in total. The minimum Gasteiger partial charge on any atom is -0.340 e. The van der Waals surface area contributed by atoms with Crippen LogP contribution in [0.4, 0.5) is 0 Å². The van der Waals surface area contributed by atoms with Gasteiger partial charge >= 0.3 is 0 Å². The third kappa shape index (κ3) is 3.12. The van der Waals surface area contributed by atoms with Crippen LogP contribution in [-0.2, 0) is 10.3 Å². The first kappa shape index (κ1) is 16.5. The molecular weight excluding hydrogens is 326 g/mol. The van der Waals surface area contributed by atoms with Crippen LogP contribution in [-0.4, -0.2) is 16.0 Å². The molecule has 0 radical (unpaired) electrons. The van der Waals surface area contributed by atoms with Gasteiger partial charge in [-0.15, -0.1) is 0 Å². The molecule has 0 aliphatic heterocycles. The molecule has 0 spiro atoms. The average molecular weight is 347 g/mol. The van der Waals surface area contributed by atoms with Gasteiger partial charge in [-0.05, 0) is 35.3 Å². The zero-order valence-electron chi connectivity index (χ0n) is 14.7. The molecule has 3 aromatic rings. The van der Waals surface area contributed by atoms with Gasteiger partial charge in [0.25, 0.3) is 0 Å². The number of carbonyl (C=O) groups is 1. The lowest BCUT2D eigenvalue weighted by Crippen LogP contribution is -2.44. The van der Waals surface area contributed by atoms with Crippen molar-refractivity contribution < 1.29 is 9.32 Å². The average Bonchev–Trinajstić information content (AvgIpc) is 3.30. The molecule has 5 nitrogen and oxygen atoms in total. The van der Waals surface area contributed by atoms with Gasteiger partial charge in [0, 0.05) is 13.0 Å². The second-order valence-corrected chi connectivity index (χ2v) is 6.82. The Morgan fingerprint density at radius 3 is 2.69 bits per heavy atom. The maximum Gasteiger partial charge on any atom is 0.244 e. The fourth-order valence-electron chi connectivity index (χ4n) is 3.72. The first-order valence-corrected chi connectivity index (χ1v) is 8.95. The molecule has 1 aliphatic rings. The number of hydrogen-bond donors (Lipinski definition) is 1. The van der Waals surface area contributed by atoms with Gasteiger partial charge in [-0.2, -0.15) is 4.98 Å². The summed E-state index contributed by atoms with van der Waals surface area (Å²) in [6.45, 7) is 1.77. The maximum atomic E-state index is 12.6. The smallest absolute Gasteiger partial charge is 0.244 e. The molecule has 1 fully saturated rings. The second kappa shape index (κ2) is 6.75. The standard InChI is InChI=1S/C21H21N3O2/c1-15-22-20(24-26-15)21(13-4-5-14-21)23-19(25)12-11-17-9-6-8-16-7-2-3-10-18(16)17/h2-3,6-12H,4-5,13-14H2,1H3,(H,23,25)/b12-11+. The topological polar surface area (TPSA) is 68.0 Å². The molecule has 2 aromatic carbocycles. The van der Waals surface area contributed by atoms with Crippen LogP contribution in [0.2, 0.25) is 0 Å². The first-order valence-electron chi connectivity index (χ1n) is 8.95. The highest BCUT2D eigenvalue weighted by Gasteiger charge is 2.40. The Hall–Kier alpha value is -2.95. The second-order valence-electron chi connectivity index (χ2n) is 6.82. The van der Waals surface area contributed by atoms with E-state index in [4.69, 9.17) is 4.52 Å². The Kier molecular flexibility index (Phi) is 4.29. The van der Waals surface area contributed by atoms with Crippen molar-refractivity contribution >= 4 is 22.8 Å². The highest BCUT2D eigenvalue weighted by molar-refractivity contribution is 5.97. The van der Waals surface area contributed by atoms with Crippen molar-refractivity contribution in [3.8, 4) is 0 Å². The van der Waals surface area contributed by atoms with E-state index in [0.717, 1.165) is 42.0 Å². The summed E-state index contributed by atoms with van der Waals surface area (Å²) in [4.78, 5) is 17.0. The molecule has 0 unspecified atom stereocenters. The van der Waals surface area contributed by atoms with E-state index in [9.17, 15) is 4.79 Å². The van der Waals surface area contributed by atoms with Gasteiger partial charge in [0.05, 0.1) is 0 Å². The number of hydrogen-bond acceptors (Lipinski definition) is 4. The lowest BCUT2D eigenvalue weighted by molar-refractivity contribution is -0.118. The number of carbonyl (C=O) groups excluding carboxylic acids is 1. The Morgan fingerprint density at radius 2 is 1.92 bits per heavy atom. The Labute approximate surface area is 152 Å². The third-order valence-electron chi connectivity index (χ3n) is 5.01. The number of benzene rings is 2. The van der Waals surface area contributed by atoms with Crippen LogP contribution in [0.15, 0.2) is 53.1 Å². The lowest BCUT2D eigenvalue weighted by atomic mass is 9.96. The van der Waals surface area contributed by atoms with E-state index in [1.54, 1.807) is 13.0 Å². The van der Waals surface area contributed by atoms with Gasteiger partial charge < -0.3 is 9.84 Å². The number of nitrogens with one attached hydrogen (secondary N) is 1. The number of aromatic nitrogens is 2. The van der Waals surface area contributed by atoms with Crippen molar-refractivity contribution in [3.63, 3.8) is 0 Å². The van der Waals surface area contributed by atoms with Gasteiger partial charge in [-0.25, -0.2) is 0 Å². The number of amides is 1. The molecule has 1 saturated carbocycles. The Balaban J connectivity index is 1.56. The highest BCUT2D eigenvalue weighted by Crippen LogP contribution is 2.37. The van der Waals surface area contributed by atoms with Crippen LogP contribution < -0.4 is 5.32 Å². The third-order valence-corrected chi connectivity index (χ3v) is 5.01. The Morgan fingerprint density at radius 1 is 1.15 bits per heavy atom. The van der Waals surface area contributed by atoms with E-state index >= 15 is 0 Å². The molecule has 0 saturated heterocycles. The summed E-state index contributed by atoms with van der Waals surface area (Å²) in [7, 11) is 0. The van der Waals surface area contributed by atoms with Gasteiger partial charge in [0.1, 0.15) is 5.54 Å². The fourth-order valence-corrected chi connectivity index (χ4v) is 3.72. The minimum atomic E-state index is -0.516. The molecule has 1 amide bonds. The highest BCUT2D eigenvalue weighted by atomic mass is 16.5. The van der Waals surface area contributed by atoms with E-state index < -0.39 is 5.54 Å². The Bertz CT molecular complexity index is 963. The van der Waals surface area contributed by atoms with Crippen LogP contribution in [0, 0.1) is 6.92 Å². The first-order chi connectivity index (χ1) is 12.7. The zero-order chi connectivity index (χ0) is 18.0. The molecule has 0 atom stereocenters. The van der Waals surface area contributed by atoms with Crippen LogP contribution >= 0.6 is 0 Å². The van der Waals surface area contributed by atoms with Crippen molar-refractivity contribution in [2.75, 3.05) is 0 Å². The summed E-state index contributed by atoms with van der Waals surface area (Å²) >= 11 is 0. The van der Waals surface area contributed by atoms with Crippen LogP contribution in [0.1, 0.15) is 43.0 Å². The SMILES string of the molecule is Cc1nc(C2(NC(=O)/C=C/c3cccc4ccccc34)CCCC2)no1. The molecule has 132 valence electrons. The van der Waals surface area contributed by atoms with Gasteiger partial charge in [-0.3, -0.25) is 4.79 Å². The van der Waals surface area contributed by atoms with E-state index in [1.807, 2.05) is 30.3 Å². The van der Waals surface area contributed by atoms with Crippen molar-refractivity contribution in [1.82, 2.24) is 15.5 Å². The molecule has 1 aliphatic carbocycles. The van der Waals surface area contributed by atoms with Gasteiger partial charge in [0.2, 0.25) is 11.8 Å². The van der Waals surface area contributed by atoms with E-state index in [1.165, 1.54) is 0 Å². The summed E-state index contributed by atoms with van der Waals surface area (Å²) in [6.07, 6.45) is 7.21. The van der Waals surface area contributed by atoms with Crippen LogP contribution in [0.3, 0.4) is 0 Å². The molecule has 4 rings (SSSR count). The molecule has 1 aromatic heterocycles. The number of aryl methyl sites for hydroxylation is 1. The van der Waals surface area contributed by atoms with Crippen molar-refractivity contribution in [2.45, 2.75) is 38.1 Å². The fraction of sp³-hybridized carbons (Fsp3) is 0.286.